The van der Waals surface area contributed by atoms with Crippen molar-refractivity contribution in [2.75, 3.05) is 7.11 Å². The molecule has 0 unspecified atom stereocenters. The number of carbonyl (C=O) groups excluding carboxylic acids is 1. The SMILES string of the molecule is CO[C@@H](C(=O)NN=Cc1ccccc1Cl)c1ccccc1. The van der Waals surface area contributed by atoms with Crippen molar-refractivity contribution in [2.45, 2.75) is 6.10 Å². The van der Waals surface area contributed by atoms with E-state index in [0.717, 1.165) is 11.1 Å². The highest BCUT2D eigenvalue weighted by Crippen LogP contribution is 2.16. The van der Waals surface area contributed by atoms with Gasteiger partial charge < -0.3 is 4.74 Å². The van der Waals surface area contributed by atoms with Crippen LogP contribution in [0, 0.1) is 0 Å². The first-order valence-corrected chi connectivity index (χ1v) is 6.75. The van der Waals surface area contributed by atoms with E-state index in [1.165, 1.54) is 13.3 Å². The third kappa shape index (κ3) is 4.15. The smallest absolute Gasteiger partial charge is 0.273 e. The average Bonchev–Trinajstić information content (AvgIpc) is 2.51. The lowest BCUT2D eigenvalue weighted by atomic mass is 10.1. The van der Waals surface area contributed by atoms with Gasteiger partial charge in [-0.15, -0.1) is 0 Å². The van der Waals surface area contributed by atoms with Crippen molar-refractivity contribution in [2.24, 2.45) is 5.10 Å². The van der Waals surface area contributed by atoms with Gasteiger partial charge in [-0.1, -0.05) is 60.1 Å². The van der Waals surface area contributed by atoms with E-state index in [1.54, 1.807) is 6.07 Å². The molecule has 1 atom stereocenters. The lowest BCUT2D eigenvalue weighted by Crippen LogP contribution is -2.26. The minimum absolute atomic E-state index is 0.341. The zero-order valence-corrected chi connectivity index (χ0v) is 12.2. The molecule has 2 rings (SSSR count). The lowest BCUT2D eigenvalue weighted by molar-refractivity contribution is -0.131. The minimum atomic E-state index is -0.699. The molecule has 2 aromatic rings. The van der Waals surface area contributed by atoms with Crippen LogP contribution < -0.4 is 5.43 Å². The predicted molar refractivity (Wildman–Crippen MR) is 83.4 cm³/mol. The van der Waals surface area contributed by atoms with Gasteiger partial charge in [-0.2, -0.15) is 5.10 Å². The molecule has 0 heterocycles. The number of benzene rings is 2. The van der Waals surface area contributed by atoms with E-state index >= 15 is 0 Å². The molecule has 4 nitrogen and oxygen atoms in total. The van der Waals surface area contributed by atoms with Gasteiger partial charge in [0.25, 0.3) is 5.91 Å². The van der Waals surface area contributed by atoms with Crippen molar-refractivity contribution in [3.63, 3.8) is 0 Å². The zero-order valence-electron chi connectivity index (χ0n) is 11.5. The van der Waals surface area contributed by atoms with Gasteiger partial charge in [-0.05, 0) is 11.6 Å². The Morgan fingerprint density at radius 3 is 2.52 bits per heavy atom. The Labute approximate surface area is 128 Å². The van der Waals surface area contributed by atoms with Crippen molar-refractivity contribution in [3.05, 3.63) is 70.7 Å². The molecular formula is C16H15ClN2O2. The number of nitrogens with one attached hydrogen (secondary N) is 1. The van der Waals surface area contributed by atoms with E-state index in [9.17, 15) is 4.79 Å². The summed E-state index contributed by atoms with van der Waals surface area (Å²) >= 11 is 6.00. The summed E-state index contributed by atoms with van der Waals surface area (Å²) in [5, 5.41) is 4.48. The molecule has 1 amide bonds. The van der Waals surface area contributed by atoms with Crippen LogP contribution in [0.2, 0.25) is 5.02 Å². The predicted octanol–water partition coefficient (Wildman–Crippen LogP) is 3.18. The molecule has 0 aliphatic carbocycles. The van der Waals surface area contributed by atoms with Crippen LogP contribution >= 0.6 is 11.6 Å². The Bertz CT molecular complexity index is 629. The Kier molecular flexibility index (Phi) is 5.49. The molecule has 0 aromatic heterocycles. The fraction of sp³-hybridized carbons (Fsp3) is 0.125. The number of carbonyl (C=O) groups is 1. The number of hydrazone groups is 1. The Morgan fingerprint density at radius 1 is 1.19 bits per heavy atom. The van der Waals surface area contributed by atoms with Gasteiger partial charge in [0.1, 0.15) is 0 Å². The highest BCUT2D eigenvalue weighted by Gasteiger charge is 2.18. The van der Waals surface area contributed by atoms with Gasteiger partial charge in [0, 0.05) is 17.7 Å². The van der Waals surface area contributed by atoms with Gasteiger partial charge in [0.2, 0.25) is 0 Å². The molecule has 108 valence electrons. The maximum absolute atomic E-state index is 12.1. The number of ether oxygens (including phenoxy) is 1. The van der Waals surface area contributed by atoms with Crippen molar-refractivity contribution >= 4 is 23.7 Å². The normalized spacial score (nSPS) is 12.3. The van der Waals surface area contributed by atoms with E-state index in [0.29, 0.717) is 5.02 Å². The molecule has 0 fully saturated rings. The summed E-state index contributed by atoms with van der Waals surface area (Å²) in [6.07, 6.45) is 0.799. The number of halogens is 1. The van der Waals surface area contributed by atoms with E-state index in [4.69, 9.17) is 16.3 Å². The van der Waals surface area contributed by atoms with E-state index in [-0.39, 0.29) is 5.91 Å². The number of methoxy groups -OCH3 is 1. The second kappa shape index (κ2) is 7.57. The van der Waals surface area contributed by atoms with Crippen LogP contribution in [-0.2, 0) is 9.53 Å². The molecule has 5 heteroatoms. The zero-order chi connectivity index (χ0) is 15.1. The Morgan fingerprint density at radius 2 is 1.86 bits per heavy atom. The van der Waals surface area contributed by atoms with Crippen molar-refractivity contribution in [1.82, 2.24) is 5.43 Å². The second-order valence-electron chi connectivity index (χ2n) is 4.28. The number of nitrogens with zero attached hydrogens (tertiary/aromatic N) is 1. The van der Waals surface area contributed by atoms with Crippen molar-refractivity contribution in [3.8, 4) is 0 Å². The van der Waals surface area contributed by atoms with E-state index in [1.807, 2.05) is 48.5 Å². The highest BCUT2D eigenvalue weighted by atomic mass is 35.5. The Hall–Kier alpha value is -2.17. The second-order valence-corrected chi connectivity index (χ2v) is 4.69. The third-order valence-corrected chi connectivity index (χ3v) is 3.20. The summed E-state index contributed by atoms with van der Waals surface area (Å²) in [6.45, 7) is 0. The summed E-state index contributed by atoms with van der Waals surface area (Å²) in [7, 11) is 1.48. The van der Waals surface area contributed by atoms with Crippen LogP contribution in [0.5, 0.6) is 0 Å². The first-order valence-electron chi connectivity index (χ1n) is 6.37. The molecule has 0 spiro atoms. The topological polar surface area (TPSA) is 50.7 Å². The molecule has 1 N–H and O–H groups in total. The van der Waals surface area contributed by atoms with Crippen molar-refractivity contribution in [1.29, 1.82) is 0 Å². The highest BCUT2D eigenvalue weighted by molar-refractivity contribution is 6.33. The van der Waals surface area contributed by atoms with E-state index < -0.39 is 6.10 Å². The average molecular weight is 303 g/mol. The van der Waals surface area contributed by atoms with Crippen LogP contribution in [0.3, 0.4) is 0 Å². The molecule has 0 aliphatic heterocycles. The lowest BCUT2D eigenvalue weighted by Gasteiger charge is -2.13. The first kappa shape index (κ1) is 15.2. The molecule has 0 bridgehead atoms. The number of hydrogen-bond acceptors (Lipinski definition) is 3. The van der Waals surface area contributed by atoms with Crippen LogP contribution in [0.1, 0.15) is 17.2 Å². The third-order valence-electron chi connectivity index (χ3n) is 2.86. The largest absolute Gasteiger partial charge is 0.367 e. The van der Waals surface area contributed by atoms with Gasteiger partial charge in [-0.25, -0.2) is 5.43 Å². The summed E-state index contributed by atoms with van der Waals surface area (Å²) in [4.78, 5) is 12.1. The first-order chi connectivity index (χ1) is 10.2. The van der Waals surface area contributed by atoms with Gasteiger partial charge >= 0.3 is 0 Å². The summed E-state index contributed by atoms with van der Waals surface area (Å²) in [6, 6.07) is 16.5. The van der Waals surface area contributed by atoms with Crippen LogP contribution in [-0.4, -0.2) is 19.2 Å². The summed E-state index contributed by atoms with van der Waals surface area (Å²) in [5.74, 6) is -0.341. The minimum Gasteiger partial charge on any atom is -0.367 e. The van der Waals surface area contributed by atoms with E-state index in [2.05, 4.69) is 10.5 Å². The number of hydrogen-bond donors (Lipinski definition) is 1. The molecule has 0 saturated heterocycles. The monoisotopic (exact) mass is 302 g/mol. The fourth-order valence-corrected chi connectivity index (χ4v) is 2.01. The maximum Gasteiger partial charge on any atom is 0.273 e. The summed E-state index contributed by atoms with van der Waals surface area (Å²) < 4.78 is 5.21. The van der Waals surface area contributed by atoms with Crippen LogP contribution in [0.25, 0.3) is 0 Å². The van der Waals surface area contributed by atoms with Crippen LogP contribution in [0.15, 0.2) is 59.7 Å². The molecular weight excluding hydrogens is 288 g/mol. The quantitative estimate of drug-likeness (QED) is 0.681. The standard InChI is InChI=1S/C16H15ClN2O2/c1-21-15(12-7-3-2-4-8-12)16(20)19-18-11-13-9-5-6-10-14(13)17/h2-11,15H,1H3,(H,19,20)/t15-/m1/s1. The molecule has 21 heavy (non-hydrogen) atoms. The fourth-order valence-electron chi connectivity index (χ4n) is 1.83. The van der Waals surface area contributed by atoms with Crippen LogP contribution in [0.4, 0.5) is 0 Å². The molecule has 0 saturated carbocycles. The number of rotatable bonds is 5. The molecule has 0 aliphatic rings. The van der Waals surface area contributed by atoms with Crippen molar-refractivity contribution < 1.29 is 9.53 Å². The Balaban J connectivity index is 2.02. The van der Waals surface area contributed by atoms with Gasteiger partial charge in [-0.3, -0.25) is 4.79 Å². The van der Waals surface area contributed by atoms with Gasteiger partial charge in [0.05, 0.1) is 6.21 Å². The summed E-state index contributed by atoms with van der Waals surface area (Å²) in [5.41, 5.74) is 3.95. The van der Waals surface area contributed by atoms with Gasteiger partial charge in [0.15, 0.2) is 6.10 Å². The maximum atomic E-state index is 12.1. The molecule has 2 aromatic carbocycles. The molecule has 0 radical (unpaired) electrons. The number of amides is 1.